The second-order valence-corrected chi connectivity index (χ2v) is 9.37. The molecule has 1 aromatic heterocycles. The number of ether oxygens (including phenoxy) is 2. The van der Waals surface area contributed by atoms with Crippen molar-refractivity contribution in [1.29, 1.82) is 0 Å². The van der Waals surface area contributed by atoms with E-state index in [1.807, 2.05) is 26.8 Å². The maximum atomic E-state index is 12.3. The molecule has 1 atom stereocenters. The average Bonchev–Trinajstić information content (AvgIpc) is 3.31. The van der Waals surface area contributed by atoms with Crippen LogP contribution in [0, 0.1) is 0 Å². The van der Waals surface area contributed by atoms with E-state index >= 15 is 0 Å². The van der Waals surface area contributed by atoms with Gasteiger partial charge in [0.05, 0.1) is 12.2 Å². The topological polar surface area (TPSA) is 54.9 Å². The van der Waals surface area contributed by atoms with Gasteiger partial charge in [0, 0.05) is 38.2 Å². The molecule has 1 saturated carbocycles. The molecule has 0 unspecified atom stereocenters. The van der Waals surface area contributed by atoms with Crippen LogP contribution >= 0.6 is 0 Å². The van der Waals surface area contributed by atoms with Gasteiger partial charge in [-0.25, -0.2) is 9.78 Å². The van der Waals surface area contributed by atoms with Crippen molar-refractivity contribution in [3.63, 3.8) is 0 Å². The number of aromatic nitrogens is 1. The quantitative estimate of drug-likeness (QED) is 0.790. The van der Waals surface area contributed by atoms with Crippen molar-refractivity contribution in [3.8, 4) is 5.88 Å². The first-order valence-electron chi connectivity index (χ1n) is 10.7. The average molecular weight is 388 g/mol. The van der Waals surface area contributed by atoms with Crippen LogP contribution in [0.5, 0.6) is 5.88 Å². The third-order valence-electron chi connectivity index (χ3n) is 5.98. The van der Waals surface area contributed by atoms with Gasteiger partial charge in [0.2, 0.25) is 5.88 Å². The number of hydrogen-bond acceptors (Lipinski definition) is 5. The van der Waals surface area contributed by atoms with Crippen LogP contribution in [0.15, 0.2) is 12.1 Å². The minimum Gasteiger partial charge on any atom is -0.473 e. The van der Waals surface area contributed by atoms with Crippen molar-refractivity contribution in [3.05, 3.63) is 23.4 Å². The van der Waals surface area contributed by atoms with Gasteiger partial charge >= 0.3 is 6.09 Å². The molecule has 154 valence electrons. The van der Waals surface area contributed by atoms with Gasteiger partial charge < -0.3 is 14.4 Å². The highest BCUT2D eigenvalue weighted by molar-refractivity contribution is 5.68. The fourth-order valence-electron chi connectivity index (χ4n) is 4.57. The van der Waals surface area contributed by atoms with Gasteiger partial charge in [0.1, 0.15) is 11.7 Å². The van der Waals surface area contributed by atoms with Crippen LogP contribution in [0.3, 0.4) is 0 Å². The van der Waals surface area contributed by atoms with Crippen LogP contribution in [0.25, 0.3) is 0 Å². The number of carbonyl (C=O) groups excluding carboxylic acids is 1. The number of rotatable bonds is 3. The molecule has 0 N–H and O–H groups in total. The van der Waals surface area contributed by atoms with Gasteiger partial charge in [-0.1, -0.05) is 18.9 Å². The summed E-state index contributed by atoms with van der Waals surface area (Å²) in [5.41, 5.74) is 1.66. The van der Waals surface area contributed by atoms with E-state index < -0.39 is 5.60 Å². The van der Waals surface area contributed by atoms with Crippen LogP contribution in [0.2, 0.25) is 0 Å². The molecule has 2 aliphatic heterocycles. The minimum absolute atomic E-state index is 0.244. The molecular formula is C22H33N3O3. The number of hydrogen-bond donors (Lipinski definition) is 0. The summed E-state index contributed by atoms with van der Waals surface area (Å²) >= 11 is 0. The first-order valence-corrected chi connectivity index (χ1v) is 10.7. The Labute approximate surface area is 168 Å². The maximum absolute atomic E-state index is 12.3. The number of likely N-dealkylation sites (tertiary alicyclic amines) is 1. The van der Waals surface area contributed by atoms with E-state index in [9.17, 15) is 4.79 Å². The molecule has 3 heterocycles. The number of pyridine rings is 1. The number of fused-ring (bicyclic) bond motifs is 1. The third-order valence-corrected chi connectivity index (χ3v) is 5.98. The minimum atomic E-state index is -0.471. The highest BCUT2D eigenvalue weighted by atomic mass is 16.6. The Morgan fingerprint density at radius 3 is 2.68 bits per heavy atom. The SMILES string of the molecule is CC(C)(C)OC(=O)N1CCc2nc(O[C@H]3CCN(C4CCCC4)C3)ccc2C1. The Balaban J connectivity index is 1.33. The highest BCUT2D eigenvalue weighted by Gasteiger charge is 2.31. The van der Waals surface area contributed by atoms with Crippen LogP contribution in [0.4, 0.5) is 4.79 Å². The molecule has 1 aliphatic carbocycles. The number of amides is 1. The lowest BCUT2D eigenvalue weighted by molar-refractivity contribution is 0.0222. The fraction of sp³-hybridized carbons (Fsp3) is 0.727. The molecule has 1 aromatic rings. The van der Waals surface area contributed by atoms with Crippen molar-refractivity contribution in [2.75, 3.05) is 19.6 Å². The molecule has 0 aromatic carbocycles. The van der Waals surface area contributed by atoms with Gasteiger partial charge in [-0.15, -0.1) is 0 Å². The molecule has 0 spiro atoms. The monoisotopic (exact) mass is 387 g/mol. The molecule has 1 saturated heterocycles. The predicted molar refractivity (Wildman–Crippen MR) is 107 cm³/mol. The van der Waals surface area contributed by atoms with Crippen LogP contribution < -0.4 is 4.74 Å². The van der Waals surface area contributed by atoms with Crippen molar-refractivity contribution >= 4 is 6.09 Å². The normalized spacial score (nSPS) is 23.7. The predicted octanol–water partition coefficient (Wildman–Crippen LogP) is 3.77. The van der Waals surface area contributed by atoms with Crippen LogP contribution in [-0.2, 0) is 17.7 Å². The lowest BCUT2D eigenvalue weighted by Crippen LogP contribution is -2.40. The third kappa shape index (κ3) is 4.59. The molecule has 1 amide bonds. The molecular weight excluding hydrogens is 354 g/mol. The Bertz CT molecular complexity index is 709. The molecule has 6 nitrogen and oxygen atoms in total. The van der Waals surface area contributed by atoms with Gasteiger partial charge in [0.25, 0.3) is 0 Å². The Morgan fingerprint density at radius 1 is 1.14 bits per heavy atom. The fourth-order valence-corrected chi connectivity index (χ4v) is 4.57. The van der Waals surface area contributed by atoms with E-state index in [0.717, 1.165) is 49.1 Å². The number of nitrogens with zero attached hydrogens (tertiary/aromatic N) is 3. The zero-order chi connectivity index (χ0) is 19.7. The standard InChI is InChI=1S/C22H33N3O3/c1-22(2,3)28-21(26)25-13-11-19-16(14-25)8-9-20(23-19)27-18-10-12-24(15-18)17-6-4-5-7-17/h8-9,17-18H,4-7,10-15H2,1-3H3/t18-/m0/s1. The lowest BCUT2D eigenvalue weighted by atomic mass is 10.1. The summed E-state index contributed by atoms with van der Waals surface area (Å²) < 4.78 is 11.7. The van der Waals surface area contributed by atoms with E-state index in [-0.39, 0.29) is 12.2 Å². The zero-order valence-corrected chi connectivity index (χ0v) is 17.4. The van der Waals surface area contributed by atoms with E-state index in [2.05, 4.69) is 11.0 Å². The highest BCUT2D eigenvalue weighted by Crippen LogP contribution is 2.28. The van der Waals surface area contributed by atoms with E-state index in [4.69, 9.17) is 14.5 Å². The summed E-state index contributed by atoms with van der Waals surface area (Å²) in [7, 11) is 0. The first-order chi connectivity index (χ1) is 13.4. The summed E-state index contributed by atoms with van der Waals surface area (Å²) in [5, 5.41) is 0. The van der Waals surface area contributed by atoms with Gasteiger partial charge in [-0.2, -0.15) is 0 Å². The summed E-state index contributed by atoms with van der Waals surface area (Å²) in [6.45, 7) is 9.04. The summed E-state index contributed by atoms with van der Waals surface area (Å²) in [6.07, 6.45) is 7.26. The maximum Gasteiger partial charge on any atom is 0.410 e. The van der Waals surface area contributed by atoms with E-state index in [1.165, 1.54) is 25.7 Å². The molecule has 6 heteroatoms. The van der Waals surface area contributed by atoms with Gasteiger partial charge in [-0.3, -0.25) is 4.90 Å². The van der Waals surface area contributed by atoms with E-state index in [0.29, 0.717) is 13.1 Å². The zero-order valence-electron chi connectivity index (χ0n) is 17.4. The van der Waals surface area contributed by atoms with Gasteiger partial charge in [-0.05, 0) is 45.6 Å². The Morgan fingerprint density at radius 2 is 1.93 bits per heavy atom. The van der Waals surface area contributed by atoms with Crippen molar-refractivity contribution in [1.82, 2.24) is 14.8 Å². The molecule has 3 aliphatic rings. The second kappa shape index (κ2) is 7.90. The van der Waals surface area contributed by atoms with Crippen LogP contribution in [-0.4, -0.2) is 58.3 Å². The summed E-state index contributed by atoms with van der Waals surface area (Å²) in [6, 6.07) is 4.78. The van der Waals surface area contributed by atoms with Gasteiger partial charge in [0.15, 0.2) is 0 Å². The second-order valence-electron chi connectivity index (χ2n) is 9.37. The smallest absolute Gasteiger partial charge is 0.410 e. The summed E-state index contributed by atoms with van der Waals surface area (Å²) in [5.74, 6) is 0.725. The Kier molecular flexibility index (Phi) is 5.50. The molecule has 2 fully saturated rings. The van der Waals surface area contributed by atoms with Crippen molar-refractivity contribution in [2.45, 2.75) is 83.6 Å². The first kappa shape index (κ1) is 19.5. The van der Waals surface area contributed by atoms with Crippen molar-refractivity contribution < 1.29 is 14.3 Å². The van der Waals surface area contributed by atoms with E-state index in [1.54, 1.807) is 4.90 Å². The summed E-state index contributed by atoms with van der Waals surface area (Å²) in [4.78, 5) is 21.4. The molecule has 0 radical (unpaired) electrons. The lowest BCUT2D eigenvalue weighted by Gasteiger charge is -2.31. The Hall–Kier alpha value is -1.82. The largest absolute Gasteiger partial charge is 0.473 e. The molecule has 0 bridgehead atoms. The van der Waals surface area contributed by atoms with Crippen molar-refractivity contribution in [2.24, 2.45) is 0 Å². The molecule has 4 rings (SSSR count). The van der Waals surface area contributed by atoms with Crippen LogP contribution in [0.1, 0.15) is 64.1 Å². The number of carbonyl (C=O) groups is 1. The molecule has 28 heavy (non-hydrogen) atoms.